The number of hydrogen-bond donors (Lipinski definition) is 3. The smallest absolute Gasteiger partial charge is 0.240 e. The van der Waals surface area contributed by atoms with Crippen LogP contribution in [0.3, 0.4) is 0 Å². The van der Waals surface area contributed by atoms with E-state index in [0.29, 0.717) is 6.54 Å². The van der Waals surface area contributed by atoms with Gasteiger partial charge in [0, 0.05) is 18.2 Å². The fourth-order valence-electron chi connectivity index (χ4n) is 2.80. The molecule has 23 heavy (non-hydrogen) atoms. The lowest BCUT2D eigenvalue weighted by atomic mass is 9.98. The van der Waals surface area contributed by atoms with Crippen molar-refractivity contribution in [3.05, 3.63) is 29.8 Å². The van der Waals surface area contributed by atoms with Gasteiger partial charge in [-0.05, 0) is 37.0 Å². The highest BCUT2D eigenvalue weighted by Crippen LogP contribution is 2.27. The van der Waals surface area contributed by atoms with Crippen LogP contribution in [0.5, 0.6) is 0 Å². The van der Waals surface area contributed by atoms with Gasteiger partial charge in [0.1, 0.15) is 0 Å². The maximum absolute atomic E-state index is 12.2. The first-order chi connectivity index (χ1) is 10.9. The van der Waals surface area contributed by atoms with Gasteiger partial charge in [-0.3, -0.25) is 9.59 Å². The molecule has 1 atom stereocenters. The van der Waals surface area contributed by atoms with Gasteiger partial charge < -0.3 is 16.4 Å². The molecule has 1 aliphatic rings. The topological polar surface area (TPSA) is 84.2 Å². The van der Waals surface area contributed by atoms with Gasteiger partial charge in [-0.15, -0.1) is 0 Å². The number of nitrogens with one attached hydrogen (secondary N) is 2. The van der Waals surface area contributed by atoms with Gasteiger partial charge in [0.15, 0.2) is 0 Å². The summed E-state index contributed by atoms with van der Waals surface area (Å²) in [4.78, 5) is 24.2. The minimum absolute atomic E-state index is 0.0144. The number of benzene rings is 1. The van der Waals surface area contributed by atoms with Crippen LogP contribution in [0, 0.1) is 5.92 Å². The highest BCUT2D eigenvalue weighted by atomic mass is 16.2. The molecule has 1 fully saturated rings. The first-order valence-corrected chi connectivity index (χ1v) is 8.41. The Kier molecular flexibility index (Phi) is 5.77. The number of nitrogens with two attached hydrogens (primary N) is 1. The second-order valence-electron chi connectivity index (χ2n) is 6.54. The maximum Gasteiger partial charge on any atom is 0.240 e. The van der Waals surface area contributed by atoms with E-state index in [1.54, 1.807) is 0 Å². The van der Waals surface area contributed by atoms with Crippen LogP contribution < -0.4 is 16.4 Å². The Balaban J connectivity index is 1.92. The largest absolute Gasteiger partial charge is 0.350 e. The second-order valence-corrected chi connectivity index (χ2v) is 6.54. The first-order valence-electron chi connectivity index (χ1n) is 8.41. The molecule has 0 heterocycles. The fourth-order valence-corrected chi connectivity index (χ4v) is 2.80. The standard InChI is InChI=1S/C18H27N3O2/c1-3-13(2)16(22)21-15-8-6-7-14(11-15)12-20-17(23)18(19)9-4-5-10-18/h6-8,11,13H,3-5,9-10,12,19H2,1-2H3,(H,20,23)(H,21,22). The van der Waals surface area contributed by atoms with Crippen LogP contribution in [0.1, 0.15) is 51.5 Å². The van der Waals surface area contributed by atoms with Crippen LogP contribution in [0.2, 0.25) is 0 Å². The zero-order valence-electron chi connectivity index (χ0n) is 14.0. The Morgan fingerprint density at radius 2 is 2.00 bits per heavy atom. The average molecular weight is 317 g/mol. The van der Waals surface area contributed by atoms with Crippen molar-refractivity contribution in [3.63, 3.8) is 0 Å². The van der Waals surface area contributed by atoms with Crippen molar-refractivity contribution < 1.29 is 9.59 Å². The van der Waals surface area contributed by atoms with Crippen LogP contribution >= 0.6 is 0 Å². The lowest BCUT2D eigenvalue weighted by Gasteiger charge is -2.22. The van der Waals surface area contributed by atoms with E-state index in [0.717, 1.165) is 43.4 Å². The van der Waals surface area contributed by atoms with Crippen molar-refractivity contribution in [2.75, 3.05) is 5.32 Å². The summed E-state index contributed by atoms with van der Waals surface area (Å²) in [7, 11) is 0. The summed E-state index contributed by atoms with van der Waals surface area (Å²) in [5.74, 6) is -0.0811. The summed E-state index contributed by atoms with van der Waals surface area (Å²) in [5.41, 5.74) is 7.14. The molecule has 1 aromatic carbocycles. The van der Waals surface area contributed by atoms with Gasteiger partial charge in [0.05, 0.1) is 5.54 Å². The summed E-state index contributed by atoms with van der Waals surface area (Å²) in [6.07, 6.45) is 4.34. The van der Waals surface area contributed by atoms with Gasteiger partial charge in [0.2, 0.25) is 11.8 Å². The summed E-state index contributed by atoms with van der Waals surface area (Å²) in [5, 5.41) is 5.83. The van der Waals surface area contributed by atoms with E-state index in [1.807, 2.05) is 38.1 Å². The molecule has 4 N–H and O–H groups in total. The lowest BCUT2D eigenvalue weighted by Crippen LogP contribution is -2.51. The monoisotopic (exact) mass is 317 g/mol. The van der Waals surface area contributed by atoms with Crippen LogP contribution in [0.25, 0.3) is 0 Å². The molecule has 0 aliphatic heterocycles. The molecule has 0 radical (unpaired) electrons. The Hall–Kier alpha value is -1.88. The summed E-state index contributed by atoms with van der Waals surface area (Å²) in [6, 6.07) is 7.55. The summed E-state index contributed by atoms with van der Waals surface area (Å²) < 4.78 is 0. The molecular formula is C18H27N3O2. The van der Waals surface area contributed by atoms with Crippen molar-refractivity contribution in [2.24, 2.45) is 11.7 Å². The van der Waals surface area contributed by atoms with Crippen molar-refractivity contribution in [2.45, 2.75) is 58.0 Å². The van der Waals surface area contributed by atoms with Gasteiger partial charge in [0.25, 0.3) is 0 Å². The third-order valence-corrected chi connectivity index (χ3v) is 4.66. The van der Waals surface area contributed by atoms with Crippen molar-refractivity contribution >= 4 is 17.5 Å². The number of hydrogen-bond acceptors (Lipinski definition) is 3. The van der Waals surface area contributed by atoms with Crippen LogP contribution in [0.4, 0.5) is 5.69 Å². The van der Waals surface area contributed by atoms with Crippen molar-refractivity contribution in [1.82, 2.24) is 5.32 Å². The summed E-state index contributed by atoms with van der Waals surface area (Å²) >= 11 is 0. The molecule has 1 aliphatic carbocycles. The molecule has 1 unspecified atom stereocenters. The zero-order chi connectivity index (χ0) is 16.9. The Morgan fingerprint density at radius 3 is 2.65 bits per heavy atom. The predicted molar refractivity (Wildman–Crippen MR) is 91.8 cm³/mol. The molecule has 0 spiro atoms. The quantitative estimate of drug-likeness (QED) is 0.754. The maximum atomic E-state index is 12.2. The van der Waals surface area contributed by atoms with E-state index in [4.69, 9.17) is 5.73 Å². The molecular weight excluding hydrogens is 290 g/mol. The molecule has 0 saturated heterocycles. The molecule has 1 aromatic rings. The predicted octanol–water partition coefficient (Wildman–Crippen LogP) is 2.56. The average Bonchev–Trinajstić information content (AvgIpc) is 3.00. The van der Waals surface area contributed by atoms with E-state index < -0.39 is 5.54 Å². The molecule has 1 saturated carbocycles. The molecule has 2 amide bonds. The van der Waals surface area contributed by atoms with Crippen LogP contribution in [0.15, 0.2) is 24.3 Å². The van der Waals surface area contributed by atoms with Gasteiger partial charge in [-0.2, -0.15) is 0 Å². The highest BCUT2D eigenvalue weighted by Gasteiger charge is 2.36. The first kappa shape index (κ1) is 17.5. The van der Waals surface area contributed by atoms with E-state index in [9.17, 15) is 9.59 Å². The lowest BCUT2D eigenvalue weighted by molar-refractivity contribution is -0.126. The van der Waals surface area contributed by atoms with E-state index in [-0.39, 0.29) is 17.7 Å². The minimum atomic E-state index is -0.706. The molecule has 0 bridgehead atoms. The van der Waals surface area contributed by atoms with Gasteiger partial charge in [-0.25, -0.2) is 0 Å². The Labute approximate surface area is 138 Å². The normalized spacial score (nSPS) is 17.5. The molecule has 2 rings (SSSR count). The second kappa shape index (κ2) is 7.59. The molecule has 0 aromatic heterocycles. The minimum Gasteiger partial charge on any atom is -0.350 e. The summed E-state index contributed by atoms with van der Waals surface area (Å²) in [6.45, 7) is 4.31. The van der Waals surface area contributed by atoms with Crippen molar-refractivity contribution in [3.8, 4) is 0 Å². The fraction of sp³-hybridized carbons (Fsp3) is 0.556. The zero-order valence-corrected chi connectivity index (χ0v) is 14.0. The third kappa shape index (κ3) is 4.55. The van der Waals surface area contributed by atoms with Gasteiger partial charge >= 0.3 is 0 Å². The van der Waals surface area contributed by atoms with Crippen LogP contribution in [-0.2, 0) is 16.1 Å². The molecule has 5 nitrogen and oxygen atoms in total. The number of rotatable bonds is 6. The SMILES string of the molecule is CCC(C)C(=O)Nc1cccc(CNC(=O)C2(N)CCCC2)c1. The number of carbonyl (C=O) groups excluding carboxylic acids is 2. The number of anilines is 1. The Bertz CT molecular complexity index is 565. The molecule has 126 valence electrons. The number of amides is 2. The number of carbonyl (C=O) groups is 2. The van der Waals surface area contributed by atoms with E-state index in [2.05, 4.69) is 10.6 Å². The van der Waals surface area contributed by atoms with Crippen molar-refractivity contribution in [1.29, 1.82) is 0 Å². The van der Waals surface area contributed by atoms with E-state index in [1.165, 1.54) is 0 Å². The molecule has 5 heteroatoms. The van der Waals surface area contributed by atoms with Crippen LogP contribution in [-0.4, -0.2) is 17.4 Å². The van der Waals surface area contributed by atoms with Gasteiger partial charge in [-0.1, -0.05) is 38.8 Å². The Morgan fingerprint density at radius 1 is 1.30 bits per heavy atom. The van der Waals surface area contributed by atoms with E-state index >= 15 is 0 Å². The third-order valence-electron chi connectivity index (χ3n) is 4.66. The highest BCUT2D eigenvalue weighted by molar-refractivity contribution is 5.92.